The second-order valence-corrected chi connectivity index (χ2v) is 5.37. The van der Waals surface area contributed by atoms with E-state index in [0.717, 1.165) is 5.56 Å². The molecule has 1 aliphatic rings. The van der Waals surface area contributed by atoms with E-state index in [9.17, 15) is 8.76 Å². The number of hydrogen-bond donors (Lipinski definition) is 2. The zero-order valence-electron chi connectivity index (χ0n) is 8.24. The second kappa shape index (κ2) is 4.88. The van der Waals surface area contributed by atoms with Gasteiger partial charge in [0.25, 0.3) is 0 Å². The maximum Gasteiger partial charge on any atom is 0.187 e. The van der Waals surface area contributed by atoms with Crippen molar-refractivity contribution in [3.63, 3.8) is 0 Å². The lowest BCUT2D eigenvalue weighted by Gasteiger charge is -2.13. The summed E-state index contributed by atoms with van der Waals surface area (Å²) in [4.78, 5) is 0.781. The van der Waals surface area contributed by atoms with Crippen LogP contribution >= 0.6 is 10.8 Å². The Morgan fingerprint density at radius 3 is 2.50 bits per heavy atom. The monoisotopic (exact) mass is 254 g/mol. The molecular weight excluding hydrogens is 244 g/mol. The van der Waals surface area contributed by atoms with Gasteiger partial charge in [0, 0.05) is 0 Å². The van der Waals surface area contributed by atoms with Crippen LogP contribution in [0.15, 0.2) is 52.8 Å². The van der Waals surface area contributed by atoms with E-state index in [0.29, 0.717) is 4.86 Å². The van der Waals surface area contributed by atoms with Gasteiger partial charge < -0.3 is 9.11 Å². The maximum atomic E-state index is 11.2. The highest BCUT2D eigenvalue weighted by molar-refractivity contribution is 8.15. The van der Waals surface area contributed by atoms with Gasteiger partial charge in [-0.25, -0.2) is 4.21 Å². The second-order valence-electron chi connectivity index (χ2n) is 3.12. The Hall–Kier alpha value is -1.01. The van der Waals surface area contributed by atoms with Crippen molar-refractivity contribution in [2.45, 2.75) is 0 Å². The molecule has 1 aliphatic heterocycles. The average Bonchev–Trinajstić information content (AvgIpc) is 2.29. The molecule has 0 radical (unpaired) electrons. The molecule has 3 nitrogen and oxygen atoms in total. The molecule has 0 saturated carbocycles. The van der Waals surface area contributed by atoms with E-state index in [4.69, 9.17) is 4.55 Å². The maximum absolute atomic E-state index is 11.2. The summed E-state index contributed by atoms with van der Waals surface area (Å²) in [5.41, 5.74) is 0.770. The SMILES string of the molecule is O=S(O)C1=CC=CS(O)=C1c1ccccc1. The van der Waals surface area contributed by atoms with E-state index in [1.165, 1.54) is 0 Å². The van der Waals surface area contributed by atoms with E-state index in [2.05, 4.69) is 0 Å². The topological polar surface area (TPSA) is 57.5 Å². The van der Waals surface area contributed by atoms with Crippen molar-refractivity contribution in [1.82, 2.24) is 0 Å². The van der Waals surface area contributed by atoms with Crippen molar-refractivity contribution in [2.75, 3.05) is 0 Å². The van der Waals surface area contributed by atoms with E-state index >= 15 is 0 Å². The Bertz CT molecular complexity index is 515. The molecule has 2 rings (SSSR count). The van der Waals surface area contributed by atoms with Crippen LogP contribution in [-0.2, 0) is 11.1 Å². The lowest BCUT2D eigenvalue weighted by Crippen LogP contribution is -2.11. The molecule has 1 aromatic carbocycles. The van der Waals surface area contributed by atoms with E-state index in [-0.39, 0.29) is 4.91 Å². The molecular formula is C11H10O3S2. The third kappa shape index (κ3) is 2.22. The minimum atomic E-state index is -2.08. The summed E-state index contributed by atoms with van der Waals surface area (Å²) >= 11 is -2.08. The number of hydrogen-bond acceptors (Lipinski definition) is 2. The quantitative estimate of drug-likeness (QED) is 0.630. The van der Waals surface area contributed by atoms with Crippen LogP contribution in [0.4, 0.5) is 0 Å². The van der Waals surface area contributed by atoms with Gasteiger partial charge in [0.15, 0.2) is 11.1 Å². The minimum absolute atomic E-state index is 0.263. The van der Waals surface area contributed by atoms with E-state index in [1.807, 2.05) is 30.3 Å². The fourth-order valence-electron chi connectivity index (χ4n) is 1.44. The molecule has 2 atom stereocenters. The first-order valence-electron chi connectivity index (χ1n) is 4.54. The molecule has 5 heteroatoms. The van der Waals surface area contributed by atoms with Crippen LogP contribution in [0.3, 0.4) is 0 Å². The van der Waals surface area contributed by atoms with E-state index < -0.39 is 21.8 Å². The van der Waals surface area contributed by atoms with Crippen LogP contribution < -0.4 is 0 Å². The summed E-state index contributed by atoms with van der Waals surface area (Å²) in [5, 5.41) is 1.61. The number of benzene rings is 1. The molecule has 0 spiro atoms. The van der Waals surface area contributed by atoms with Gasteiger partial charge in [0.05, 0.1) is 9.77 Å². The van der Waals surface area contributed by atoms with Crippen LogP contribution in [0.5, 0.6) is 0 Å². The predicted molar refractivity (Wildman–Crippen MR) is 68.8 cm³/mol. The molecule has 84 valence electrons. The highest BCUT2D eigenvalue weighted by Crippen LogP contribution is 2.26. The van der Waals surface area contributed by atoms with Gasteiger partial charge in [-0.3, -0.25) is 0 Å². The minimum Gasteiger partial charge on any atom is -0.333 e. The van der Waals surface area contributed by atoms with Crippen molar-refractivity contribution in [1.29, 1.82) is 0 Å². The van der Waals surface area contributed by atoms with Crippen LogP contribution in [0.1, 0.15) is 5.56 Å². The molecule has 2 N–H and O–H groups in total. The van der Waals surface area contributed by atoms with Crippen molar-refractivity contribution >= 4 is 26.7 Å². The molecule has 0 aromatic heterocycles. The highest BCUT2D eigenvalue weighted by Gasteiger charge is 2.17. The molecule has 2 unspecified atom stereocenters. The molecule has 0 amide bonds. The highest BCUT2D eigenvalue weighted by atomic mass is 32.2. The molecule has 0 aliphatic carbocycles. The van der Waals surface area contributed by atoms with Gasteiger partial charge in [-0.15, -0.1) is 0 Å². The first-order valence-corrected chi connectivity index (χ1v) is 6.89. The zero-order valence-corrected chi connectivity index (χ0v) is 9.87. The molecule has 0 bridgehead atoms. The van der Waals surface area contributed by atoms with Gasteiger partial charge in [-0.1, -0.05) is 36.4 Å². The van der Waals surface area contributed by atoms with Crippen LogP contribution in [-0.4, -0.2) is 18.2 Å². The van der Waals surface area contributed by atoms with Gasteiger partial charge in [0.2, 0.25) is 0 Å². The van der Waals surface area contributed by atoms with Crippen molar-refractivity contribution < 1.29 is 13.3 Å². The standard InChI is InChI=1S/C11H10O3S2/c12-15-8-4-7-10(16(13)14)11(15)9-5-2-1-3-6-9/h1-8,12H,(H,13,14). The summed E-state index contributed by atoms with van der Waals surface area (Å²) < 4.78 is 30.2. The third-order valence-corrected chi connectivity index (χ3v) is 4.25. The van der Waals surface area contributed by atoms with Crippen molar-refractivity contribution in [3.05, 3.63) is 58.4 Å². The van der Waals surface area contributed by atoms with Crippen LogP contribution in [0.25, 0.3) is 0 Å². The Kier molecular flexibility index (Phi) is 3.50. The Morgan fingerprint density at radius 2 is 1.88 bits per heavy atom. The van der Waals surface area contributed by atoms with Crippen molar-refractivity contribution in [2.24, 2.45) is 0 Å². The van der Waals surface area contributed by atoms with Crippen LogP contribution in [0.2, 0.25) is 0 Å². The number of allylic oxidation sites excluding steroid dienone is 3. The fourth-order valence-corrected chi connectivity index (χ4v) is 3.39. The summed E-state index contributed by atoms with van der Waals surface area (Å²) in [6, 6.07) is 9.14. The summed E-state index contributed by atoms with van der Waals surface area (Å²) in [6.45, 7) is 0. The lowest BCUT2D eigenvalue weighted by atomic mass is 10.1. The summed E-state index contributed by atoms with van der Waals surface area (Å²) in [7, 11) is -1.11. The molecule has 0 fully saturated rings. The Balaban J connectivity index is 2.57. The van der Waals surface area contributed by atoms with Crippen LogP contribution in [0, 0.1) is 0 Å². The van der Waals surface area contributed by atoms with E-state index in [1.54, 1.807) is 17.6 Å². The van der Waals surface area contributed by atoms with Gasteiger partial charge in [-0.2, -0.15) is 0 Å². The first kappa shape index (κ1) is 11.5. The molecule has 1 heterocycles. The normalized spacial score (nSPS) is 21.8. The fraction of sp³-hybridized carbons (Fsp3) is 0. The Labute approximate surface area is 98.5 Å². The third-order valence-electron chi connectivity index (χ3n) is 2.11. The number of rotatable bonds is 2. The first-order chi connectivity index (χ1) is 7.70. The van der Waals surface area contributed by atoms with Gasteiger partial charge >= 0.3 is 0 Å². The lowest BCUT2D eigenvalue weighted by molar-refractivity contribution is 0.572. The van der Waals surface area contributed by atoms with Crippen molar-refractivity contribution in [3.8, 4) is 0 Å². The molecule has 0 saturated heterocycles. The Morgan fingerprint density at radius 1 is 1.19 bits per heavy atom. The summed E-state index contributed by atoms with van der Waals surface area (Å²) in [5.74, 6) is 0. The largest absolute Gasteiger partial charge is 0.333 e. The molecule has 16 heavy (non-hydrogen) atoms. The predicted octanol–water partition coefficient (Wildman–Crippen LogP) is 2.58. The zero-order chi connectivity index (χ0) is 11.5. The average molecular weight is 254 g/mol. The summed E-state index contributed by atoms with van der Waals surface area (Å²) in [6.07, 6.45) is 3.15. The van der Waals surface area contributed by atoms with Gasteiger partial charge in [0.1, 0.15) is 0 Å². The van der Waals surface area contributed by atoms with Gasteiger partial charge in [-0.05, 0) is 27.8 Å². The molecule has 1 aromatic rings. The smallest absolute Gasteiger partial charge is 0.187 e.